The lowest BCUT2D eigenvalue weighted by molar-refractivity contribution is -0.0334. The monoisotopic (exact) mass is 325 g/mol. The summed E-state index contributed by atoms with van der Waals surface area (Å²) in [5, 5.41) is 13.4. The number of aliphatic hydroxyl groups is 1. The number of rotatable bonds is 6. The van der Waals surface area contributed by atoms with Crippen LogP contribution in [0, 0.1) is 0 Å². The fourth-order valence-corrected chi connectivity index (χ4v) is 2.93. The zero-order valence-electron chi connectivity index (χ0n) is 11.5. The fourth-order valence-electron chi connectivity index (χ4n) is 1.97. The number of methoxy groups -OCH3 is 1. The highest BCUT2D eigenvalue weighted by Crippen LogP contribution is 2.23. The van der Waals surface area contributed by atoms with Crippen LogP contribution in [0.25, 0.3) is 0 Å². The second-order valence-electron chi connectivity index (χ2n) is 4.62. The molecule has 6 heteroatoms. The van der Waals surface area contributed by atoms with E-state index >= 15 is 0 Å². The molecule has 0 spiro atoms. The molecule has 4 nitrogen and oxygen atoms in total. The molecule has 1 aromatic carbocycles. The van der Waals surface area contributed by atoms with Gasteiger partial charge in [0.05, 0.1) is 22.4 Å². The lowest BCUT2D eigenvalue weighted by Crippen LogP contribution is -2.43. The Kier molecular flexibility index (Phi) is 5.36. The standard InChI is InChI=1S/C15H16ClNO3S/c1-20-10-15(19,11-5-3-2-4-6-11)9-17-14(18)12-7-8-13(16)21-12/h2-8,19H,9-10H2,1H3,(H,17,18)/t15-/m0/s1. The van der Waals surface area contributed by atoms with Crippen LogP contribution in [0.1, 0.15) is 15.2 Å². The van der Waals surface area contributed by atoms with E-state index < -0.39 is 5.60 Å². The van der Waals surface area contributed by atoms with Crippen molar-refractivity contribution in [1.82, 2.24) is 5.32 Å². The van der Waals surface area contributed by atoms with Crippen molar-refractivity contribution in [3.05, 3.63) is 57.2 Å². The third-order valence-corrected chi connectivity index (χ3v) is 4.26. The van der Waals surface area contributed by atoms with Crippen molar-refractivity contribution >= 4 is 28.8 Å². The van der Waals surface area contributed by atoms with E-state index in [1.54, 1.807) is 24.3 Å². The van der Waals surface area contributed by atoms with E-state index in [-0.39, 0.29) is 19.1 Å². The fraction of sp³-hybridized carbons (Fsp3) is 0.267. The summed E-state index contributed by atoms with van der Waals surface area (Å²) >= 11 is 7.01. The molecular formula is C15H16ClNO3S. The average Bonchev–Trinajstić information content (AvgIpc) is 2.93. The number of hydrogen-bond acceptors (Lipinski definition) is 4. The first-order chi connectivity index (χ1) is 10.0. The van der Waals surface area contributed by atoms with Crippen LogP contribution < -0.4 is 5.32 Å². The largest absolute Gasteiger partial charge is 0.381 e. The minimum absolute atomic E-state index is 0.0548. The first-order valence-corrected chi connectivity index (χ1v) is 7.55. The highest BCUT2D eigenvalue weighted by molar-refractivity contribution is 7.17. The average molecular weight is 326 g/mol. The van der Waals surface area contributed by atoms with Crippen molar-refractivity contribution < 1.29 is 14.6 Å². The molecule has 21 heavy (non-hydrogen) atoms. The molecule has 0 aliphatic heterocycles. The smallest absolute Gasteiger partial charge is 0.261 e. The number of hydrogen-bond donors (Lipinski definition) is 2. The van der Waals surface area contributed by atoms with Crippen molar-refractivity contribution in [2.24, 2.45) is 0 Å². The quantitative estimate of drug-likeness (QED) is 0.858. The molecule has 2 rings (SSSR count). The first-order valence-electron chi connectivity index (χ1n) is 6.35. The predicted molar refractivity (Wildman–Crippen MR) is 83.9 cm³/mol. The van der Waals surface area contributed by atoms with Crippen LogP contribution >= 0.6 is 22.9 Å². The van der Waals surface area contributed by atoms with Crippen LogP contribution in [0.3, 0.4) is 0 Å². The number of benzene rings is 1. The Morgan fingerprint density at radius 1 is 1.33 bits per heavy atom. The van der Waals surface area contributed by atoms with E-state index in [2.05, 4.69) is 5.32 Å². The lowest BCUT2D eigenvalue weighted by Gasteiger charge is -2.28. The third kappa shape index (κ3) is 4.04. The van der Waals surface area contributed by atoms with E-state index in [0.717, 1.165) is 0 Å². The molecule has 1 amide bonds. The second-order valence-corrected chi connectivity index (χ2v) is 6.33. The molecule has 2 aromatic rings. The van der Waals surface area contributed by atoms with Crippen LogP contribution in [0.2, 0.25) is 4.34 Å². The summed E-state index contributed by atoms with van der Waals surface area (Å²) in [4.78, 5) is 12.5. The Bertz CT molecular complexity index is 602. The number of ether oxygens (including phenoxy) is 1. The van der Waals surface area contributed by atoms with Crippen molar-refractivity contribution in [2.75, 3.05) is 20.3 Å². The van der Waals surface area contributed by atoms with Crippen molar-refractivity contribution in [1.29, 1.82) is 0 Å². The number of carbonyl (C=O) groups excluding carboxylic acids is 1. The maximum atomic E-state index is 12.0. The van der Waals surface area contributed by atoms with Gasteiger partial charge in [0.1, 0.15) is 5.60 Å². The molecule has 0 bridgehead atoms. The van der Waals surface area contributed by atoms with Gasteiger partial charge in [-0.05, 0) is 17.7 Å². The van der Waals surface area contributed by atoms with Gasteiger partial charge in [0.2, 0.25) is 0 Å². The lowest BCUT2D eigenvalue weighted by atomic mass is 9.94. The van der Waals surface area contributed by atoms with Gasteiger partial charge in [-0.3, -0.25) is 4.79 Å². The van der Waals surface area contributed by atoms with Crippen LogP contribution in [0.4, 0.5) is 0 Å². The number of thiophene rings is 1. The molecule has 2 N–H and O–H groups in total. The van der Waals surface area contributed by atoms with E-state index in [9.17, 15) is 9.90 Å². The van der Waals surface area contributed by atoms with Gasteiger partial charge in [-0.25, -0.2) is 0 Å². The second kappa shape index (κ2) is 7.04. The van der Waals surface area contributed by atoms with Gasteiger partial charge in [-0.2, -0.15) is 0 Å². The van der Waals surface area contributed by atoms with E-state index in [1.807, 2.05) is 18.2 Å². The number of amides is 1. The normalized spacial score (nSPS) is 13.7. The summed E-state index contributed by atoms with van der Waals surface area (Å²) in [6.45, 7) is 0.141. The summed E-state index contributed by atoms with van der Waals surface area (Å²) in [5.41, 5.74) is -0.580. The van der Waals surface area contributed by atoms with Crippen LogP contribution in [-0.2, 0) is 10.3 Å². The molecule has 1 aromatic heterocycles. The highest BCUT2D eigenvalue weighted by Gasteiger charge is 2.30. The zero-order valence-corrected chi connectivity index (χ0v) is 13.1. The van der Waals surface area contributed by atoms with Gasteiger partial charge >= 0.3 is 0 Å². The number of halogens is 1. The summed E-state index contributed by atoms with van der Waals surface area (Å²) in [7, 11) is 1.51. The highest BCUT2D eigenvalue weighted by atomic mass is 35.5. The molecule has 0 unspecified atom stereocenters. The Hall–Kier alpha value is -1.40. The van der Waals surface area contributed by atoms with E-state index in [1.165, 1.54) is 18.4 Å². The van der Waals surface area contributed by atoms with Crippen LogP contribution in [0.15, 0.2) is 42.5 Å². The minimum atomic E-state index is -1.27. The van der Waals surface area contributed by atoms with E-state index in [0.29, 0.717) is 14.8 Å². The maximum absolute atomic E-state index is 12.0. The molecule has 112 valence electrons. The third-order valence-electron chi connectivity index (χ3n) is 3.03. The SMILES string of the molecule is COC[C@@](O)(CNC(=O)c1ccc(Cl)s1)c1ccccc1. The van der Waals surface area contributed by atoms with E-state index in [4.69, 9.17) is 16.3 Å². The molecule has 1 heterocycles. The Morgan fingerprint density at radius 2 is 2.05 bits per heavy atom. The molecule has 1 atom stereocenters. The van der Waals surface area contributed by atoms with Gasteiger partial charge in [0.25, 0.3) is 5.91 Å². The molecule has 0 saturated carbocycles. The molecule has 0 aliphatic rings. The van der Waals surface area contributed by atoms with Crippen LogP contribution in [0.5, 0.6) is 0 Å². The van der Waals surface area contributed by atoms with Gasteiger partial charge in [0, 0.05) is 7.11 Å². The first kappa shape index (κ1) is 16.0. The Morgan fingerprint density at radius 3 is 2.62 bits per heavy atom. The van der Waals surface area contributed by atoms with Gasteiger partial charge in [-0.1, -0.05) is 41.9 Å². The Labute approximate surface area is 132 Å². The molecule has 0 fully saturated rings. The number of carbonyl (C=O) groups is 1. The summed E-state index contributed by atoms with van der Waals surface area (Å²) in [6.07, 6.45) is 0. The van der Waals surface area contributed by atoms with Gasteiger partial charge in [-0.15, -0.1) is 11.3 Å². The van der Waals surface area contributed by atoms with Crippen molar-refractivity contribution in [3.63, 3.8) is 0 Å². The summed E-state index contributed by atoms with van der Waals surface area (Å²) < 4.78 is 5.63. The number of nitrogens with one attached hydrogen (secondary N) is 1. The van der Waals surface area contributed by atoms with Crippen molar-refractivity contribution in [2.45, 2.75) is 5.60 Å². The zero-order chi connectivity index (χ0) is 15.3. The topological polar surface area (TPSA) is 58.6 Å². The molecule has 0 aliphatic carbocycles. The summed E-state index contributed by atoms with van der Waals surface area (Å²) in [6, 6.07) is 12.4. The van der Waals surface area contributed by atoms with Crippen molar-refractivity contribution in [3.8, 4) is 0 Å². The molecular weight excluding hydrogens is 310 g/mol. The minimum Gasteiger partial charge on any atom is -0.381 e. The maximum Gasteiger partial charge on any atom is 0.261 e. The van der Waals surface area contributed by atoms with Gasteiger partial charge in [0.15, 0.2) is 0 Å². The Balaban J connectivity index is 2.08. The predicted octanol–water partition coefficient (Wildman–Crippen LogP) is 2.67. The van der Waals surface area contributed by atoms with Crippen LogP contribution in [-0.4, -0.2) is 31.3 Å². The summed E-state index contributed by atoms with van der Waals surface area (Å²) in [5.74, 6) is -0.266. The molecule has 0 saturated heterocycles. The van der Waals surface area contributed by atoms with Gasteiger partial charge < -0.3 is 15.2 Å². The molecule has 0 radical (unpaired) electrons.